The van der Waals surface area contributed by atoms with Gasteiger partial charge >= 0.3 is 5.97 Å². The summed E-state index contributed by atoms with van der Waals surface area (Å²) in [7, 11) is -3.90. The average molecular weight is 438 g/mol. The number of anilines is 2. The zero-order chi connectivity index (χ0) is 21.2. The van der Waals surface area contributed by atoms with Crippen molar-refractivity contribution in [2.24, 2.45) is 0 Å². The molecule has 1 saturated heterocycles. The molecule has 2 aromatic carbocycles. The maximum atomic E-state index is 12.8. The fraction of sp³-hybridized carbons (Fsp3) is 0.350. The van der Waals surface area contributed by atoms with Crippen LogP contribution in [-0.2, 0) is 10.0 Å². The van der Waals surface area contributed by atoms with Gasteiger partial charge in [0.05, 0.1) is 16.1 Å². The van der Waals surface area contributed by atoms with Gasteiger partial charge in [-0.1, -0.05) is 24.6 Å². The second kappa shape index (κ2) is 8.61. The van der Waals surface area contributed by atoms with Gasteiger partial charge in [-0.2, -0.15) is 0 Å². The molecule has 156 valence electrons. The number of carboxylic acids is 1. The Kier molecular flexibility index (Phi) is 6.36. The summed E-state index contributed by atoms with van der Waals surface area (Å²) in [6, 6.07) is 9.25. The molecule has 0 saturated carbocycles. The van der Waals surface area contributed by atoms with Gasteiger partial charge in [0, 0.05) is 36.9 Å². The lowest BCUT2D eigenvalue weighted by Gasteiger charge is -2.36. The first-order valence-corrected chi connectivity index (χ1v) is 11.2. The number of rotatable bonds is 6. The van der Waals surface area contributed by atoms with Crippen molar-refractivity contribution in [3.8, 4) is 0 Å². The molecule has 0 unspecified atom stereocenters. The number of hydrogen-bond acceptors (Lipinski definition) is 5. The van der Waals surface area contributed by atoms with Crippen LogP contribution in [0.2, 0.25) is 5.02 Å². The molecule has 2 aromatic rings. The Morgan fingerprint density at radius 2 is 1.86 bits per heavy atom. The molecule has 0 atom stereocenters. The van der Waals surface area contributed by atoms with E-state index in [0.717, 1.165) is 32.7 Å². The number of hydrogen-bond donors (Lipinski definition) is 2. The van der Waals surface area contributed by atoms with Gasteiger partial charge in [-0.05, 0) is 49.4 Å². The van der Waals surface area contributed by atoms with Gasteiger partial charge in [-0.3, -0.25) is 4.72 Å². The van der Waals surface area contributed by atoms with Gasteiger partial charge in [0.25, 0.3) is 10.0 Å². The molecule has 0 aliphatic carbocycles. The molecule has 9 heteroatoms. The molecule has 1 fully saturated rings. The number of nitrogens with one attached hydrogen (secondary N) is 1. The average Bonchev–Trinajstić information content (AvgIpc) is 2.69. The monoisotopic (exact) mass is 437 g/mol. The van der Waals surface area contributed by atoms with Crippen LogP contribution in [0.4, 0.5) is 11.4 Å². The van der Waals surface area contributed by atoms with Crippen LogP contribution in [0, 0.1) is 6.92 Å². The Bertz CT molecular complexity index is 1020. The third-order valence-corrected chi connectivity index (χ3v) is 7.08. The summed E-state index contributed by atoms with van der Waals surface area (Å²) in [6.45, 7) is 7.85. The molecule has 3 rings (SSSR count). The summed E-state index contributed by atoms with van der Waals surface area (Å²) in [6.07, 6.45) is 0. The number of sulfonamides is 1. The van der Waals surface area contributed by atoms with Crippen molar-refractivity contribution in [1.82, 2.24) is 4.90 Å². The molecule has 7 nitrogen and oxygen atoms in total. The second-order valence-corrected chi connectivity index (χ2v) is 8.98. The number of carbonyl (C=O) groups is 1. The van der Waals surface area contributed by atoms with Crippen molar-refractivity contribution in [3.05, 3.63) is 52.5 Å². The van der Waals surface area contributed by atoms with E-state index in [9.17, 15) is 18.3 Å². The molecule has 0 spiro atoms. The minimum Gasteiger partial charge on any atom is -0.478 e. The number of carboxylic acid groups (broad SMARTS) is 1. The van der Waals surface area contributed by atoms with E-state index in [-0.39, 0.29) is 16.1 Å². The lowest BCUT2D eigenvalue weighted by molar-refractivity contribution is 0.0697. The lowest BCUT2D eigenvalue weighted by atomic mass is 10.1. The van der Waals surface area contributed by atoms with Crippen LogP contribution in [0.15, 0.2) is 41.3 Å². The molecule has 0 aromatic heterocycles. The number of piperazine rings is 1. The van der Waals surface area contributed by atoms with Gasteiger partial charge in [0.1, 0.15) is 0 Å². The van der Waals surface area contributed by atoms with Gasteiger partial charge in [-0.15, -0.1) is 0 Å². The number of benzene rings is 2. The highest BCUT2D eigenvalue weighted by atomic mass is 35.5. The normalized spacial score (nSPS) is 15.3. The Labute approximate surface area is 175 Å². The van der Waals surface area contributed by atoms with Crippen LogP contribution in [0.3, 0.4) is 0 Å². The van der Waals surface area contributed by atoms with Crippen LogP contribution >= 0.6 is 11.6 Å². The van der Waals surface area contributed by atoms with Crippen LogP contribution in [-0.4, -0.2) is 57.1 Å². The van der Waals surface area contributed by atoms with Crippen molar-refractivity contribution in [2.75, 3.05) is 42.3 Å². The first kappa shape index (κ1) is 21.4. The lowest BCUT2D eigenvalue weighted by Crippen LogP contribution is -2.46. The Hall–Kier alpha value is -2.29. The summed E-state index contributed by atoms with van der Waals surface area (Å²) in [5.74, 6) is -1.10. The van der Waals surface area contributed by atoms with Crippen LogP contribution < -0.4 is 9.62 Å². The van der Waals surface area contributed by atoms with Crippen molar-refractivity contribution in [3.63, 3.8) is 0 Å². The zero-order valence-electron chi connectivity index (χ0n) is 16.4. The van der Waals surface area contributed by atoms with Gasteiger partial charge < -0.3 is 14.9 Å². The van der Waals surface area contributed by atoms with E-state index in [1.165, 1.54) is 12.1 Å². The standard InChI is InChI=1S/C20H24ClN3O4S/c1-3-23-9-11-24(12-10-23)18-8-7-15(13-16(18)20(25)26)22-29(27,28)19-6-4-5-17(21)14(19)2/h4-8,13,22H,3,9-12H2,1-2H3,(H,25,26). The quantitative estimate of drug-likeness (QED) is 0.720. The number of nitrogens with zero attached hydrogens (tertiary/aromatic N) is 2. The third-order valence-electron chi connectivity index (χ3n) is 5.15. The topological polar surface area (TPSA) is 90.0 Å². The fourth-order valence-electron chi connectivity index (χ4n) is 3.44. The molecule has 2 N–H and O–H groups in total. The van der Waals surface area contributed by atoms with E-state index < -0.39 is 16.0 Å². The summed E-state index contributed by atoms with van der Waals surface area (Å²) >= 11 is 6.04. The first-order valence-electron chi connectivity index (χ1n) is 9.35. The van der Waals surface area contributed by atoms with Crippen molar-refractivity contribution < 1.29 is 18.3 Å². The smallest absolute Gasteiger partial charge is 0.337 e. The molecular weight excluding hydrogens is 414 g/mol. The van der Waals surface area contributed by atoms with Crippen molar-refractivity contribution >= 4 is 39.0 Å². The second-order valence-electron chi connectivity index (χ2n) is 6.93. The number of aromatic carboxylic acids is 1. The minimum absolute atomic E-state index is 0.0571. The van der Waals surface area contributed by atoms with Crippen molar-refractivity contribution in [1.29, 1.82) is 0 Å². The van der Waals surface area contributed by atoms with E-state index in [0.29, 0.717) is 16.3 Å². The Morgan fingerprint density at radius 3 is 2.48 bits per heavy atom. The summed E-state index contributed by atoms with van der Waals surface area (Å²) < 4.78 is 28.0. The first-order chi connectivity index (χ1) is 13.7. The molecule has 1 aliphatic heterocycles. The van der Waals surface area contributed by atoms with E-state index in [2.05, 4.69) is 16.5 Å². The highest BCUT2D eigenvalue weighted by Crippen LogP contribution is 2.29. The zero-order valence-corrected chi connectivity index (χ0v) is 17.9. The number of likely N-dealkylation sites (N-methyl/N-ethyl adjacent to an activating group) is 1. The van der Waals surface area contributed by atoms with Gasteiger partial charge in [0.2, 0.25) is 0 Å². The maximum Gasteiger partial charge on any atom is 0.337 e. The van der Waals surface area contributed by atoms with Gasteiger partial charge in [-0.25, -0.2) is 13.2 Å². The highest BCUT2D eigenvalue weighted by Gasteiger charge is 2.23. The molecule has 1 aliphatic rings. The fourth-order valence-corrected chi connectivity index (χ4v) is 4.99. The summed E-state index contributed by atoms with van der Waals surface area (Å²) in [4.78, 5) is 16.2. The van der Waals surface area contributed by atoms with Crippen LogP contribution in [0.25, 0.3) is 0 Å². The summed E-state index contributed by atoms with van der Waals surface area (Å²) in [5, 5.41) is 10.0. The Morgan fingerprint density at radius 1 is 1.17 bits per heavy atom. The molecule has 1 heterocycles. The van der Waals surface area contributed by atoms with Crippen LogP contribution in [0.1, 0.15) is 22.8 Å². The molecule has 29 heavy (non-hydrogen) atoms. The predicted molar refractivity (Wildman–Crippen MR) is 115 cm³/mol. The van der Waals surface area contributed by atoms with Crippen LogP contribution in [0.5, 0.6) is 0 Å². The third kappa shape index (κ3) is 4.66. The molecule has 0 bridgehead atoms. The van der Waals surface area contributed by atoms with E-state index in [1.54, 1.807) is 31.2 Å². The van der Waals surface area contributed by atoms with Crippen molar-refractivity contribution in [2.45, 2.75) is 18.7 Å². The van der Waals surface area contributed by atoms with E-state index >= 15 is 0 Å². The van der Waals surface area contributed by atoms with Gasteiger partial charge in [0.15, 0.2) is 0 Å². The molecule has 0 amide bonds. The number of halogens is 1. The van der Waals surface area contributed by atoms with E-state index in [4.69, 9.17) is 11.6 Å². The molecule has 0 radical (unpaired) electrons. The minimum atomic E-state index is -3.90. The van der Waals surface area contributed by atoms with E-state index in [1.807, 2.05) is 4.90 Å². The largest absolute Gasteiger partial charge is 0.478 e. The Balaban J connectivity index is 1.89. The highest BCUT2D eigenvalue weighted by molar-refractivity contribution is 7.92. The summed E-state index contributed by atoms with van der Waals surface area (Å²) in [5.41, 5.74) is 1.29. The molecular formula is C20H24ClN3O4S. The maximum absolute atomic E-state index is 12.8. The predicted octanol–water partition coefficient (Wildman–Crippen LogP) is 3.29. The SMILES string of the molecule is CCN1CCN(c2ccc(NS(=O)(=O)c3cccc(Cl)c3C)cc2C(=O)O)CC1.